The summed E-state index contributed by atoms with van der Waals surface area (Å²) in [5, 5.41) is 0. The van der Waals surface area contributed by atoms with Gasteiger partial charge in [-0.1, -0.05) is 69.8 Å². The highest BCUT2D eigenvalue weighted by atomic mass is 16.7. The minimum Gasteiger partial charge on any atom is -0.465 e. The van der Waals surface area contributed by atoms with Gasteiger partial charge in [0.25, 0.3) is 0 Å². The normalized spacial score (nSPS) is 24.8. The molecule has 0 aromatic heterocycles. The third kappa shape index (κ3) is 17.2. The van der Waals surface area contributed by atoms with Crippen molar-refractivity contribution >= 4 is 18.1 Å². The molecular formula is C46H77NO7. The minimum absolute atomic E-state index is 0.0254. The molecule has 5 fully saturated rings. The van der Waals surface area contributed by atoms with Crippen LogP contribution < -0.4 is 0 Å². The maximum absolute atomic E-state index is 12.9. The Morgan fingerprint density at radius 3 is 1.76 bits per heavy atom. The number of nitrogens with zero attached hydrogens (tertiary/aromatic N) is 1. The molecule has 0 spiro atoms. The molecule has 5 rings (SSSR count). The molecule has 8 nitrogen and oxygen atoms in total. The summed E-state index contributed by atoms with van der Waals surface area (Å²) >= 11 is 0. The Bertz CT molecular complexity index is 1100. The van der Waals surface area contributed by atoms with Gasteiger partial charge in [-0.2, -0.15) is 0 Å². The molecule has 0 radical (unpaired) electrons. The SMILES string of the molecule is CCCCC/C=C\C/C=C\CCCCCCCCC(=O)OCC(COC(=O)CCCC12CC3CC(CC(C3)C1)C2)COC(=O)OC1CCN(C(C)C)CC1. The average Bonchev–Trinajstić information content (AvgIpc) is 3.14. The summed E-state index contributed by atoms with van der Waals surface area (Å²) in [5.74, 6) is 1.81. The van der Waals surface area contributed by atoms with Gasteiger partial charge in [0, 0.05) is 32.0 Å². The molecule has 1 unspecified atom stereocenters. The number of unbranched alkanes of at least 4 members (excludes halogenated alkanes) is 9. The standard InChI is InChI=1S/C46H77NO7/c1-4-5-6-7-8-9-10-11-12-13-14-15-16-17-18-19-21-43(48)51-34-41(36-53-45(50)54-42-23-26-47(27-24-42)37(2)3)35-52-44(49)22-20-25-46-31-38-28-39(32-46)30-40(29-38)33-46/h8-9,11-12,37-42H,4-7,10,13-36H2,1-3H3/b9-8-,12-11-. The lowest BCUT2D eigenvalue weighted by Gasteiger charge is -2.57. The van der Waals surface area contributed by atoms with Crippen LogP contribution >= 0.6 is 0 Å². The highest BCUT2D eigenvalue weighted by Crippen LogP contribution is 2.61. The molecule has 0 aromatic rings. The fourth-order valence-electron chi connectivity index (χ4n) is 10.0. The summed E-state index contributed by atoms with van der Waals surface area (Å²) in [4.78, 5) is 40.5. The van der Waals surface area contributed by atoms with Gasteiger partial charge in [-0.05, 0) is 140 Å². The quantitative estimate of drug-likeness (QED) is 0.0354. The van der Waals surface area contributed by atoms with E-state index in [9.17, 15) is 14.4 Å². The molecular weight excluding hydrogens is 679 g/mol. The Labute approximate surface area is 328 Å². The van der Waals surface area contributed by atoms with Crippen molar-refractivity contribution in [2.75, 3.05) is 32.9 Å². The summed E-state index contributed by atoms with van der Waals surface area (Å²) in [7, 11) is 0. The van der Waals surface area contributed by atoms with Gasteiger partial charge in [0.1, 0.15) is 25.9 Å². The van der Waals surface area contributed by atoms with Crippen molar-refractivity contribution < 1.29 is 33.3 Å². The van der Waals surface area contributed by atoms with Crippen LogP contribution in [0, 0.1) is 29.1 Å². The topological polar surface area (TPSA) is 91.4 Å². The fourth-order valence-corrected chi connectivity index (χ4v) is 10.0. The zero-order valence-corrected chi connectivity index (χ0v) is 34.6. The summed E-state index contributed by atoms with van der Waals surface area (Å²) in [6.07, 6.45) is 34.7. The largest absolute Gasteiger partial charge is 0.508 e. The van der Waals surface area contributed by atoms with Gasteiger partial charge in [0.2, 0.25) is 0 Å². The van der Waals surface area contributed by atoms with Crippen molar-refractivity contribution in [1.82, 2.24) is 4.90 Å². The van der Waals surface area contributed by atoms with E-state index in [1.54, 1.807) is 0 Å². The molecule has 54 heavy (non-hydrogen) atoms. The zero-order chi connectivity index (χ0) is 38.4. The molecule has 1 aliphatic heterocycles. The number of allylic oxidation sites excluding steroid dienone is 4. The second kappa shape index (κ2) is 25.0. The first-order chi connectivity index (χ1) is 26.2. The number of likely N-dealkylation sites (tertiary alicyclic amines) is 1. The lowest BCUT2D eigenvalue weighted by atomic mass is 9.48. The molecule has 1 saturated heterocycles. The van der Waals surface area contributed by atoms with Crippen molar-refractivity contribution in [3.63, 3.8) is 0 Å². The van der Waals surface area contributed by atoms with E-state index in [0.717, 1.165) is 88.6 Å². The molecule has 8 heteroatoms. The molecule has 1 heterocycles. The maximum Gasteiger partial charge on any atom is 0.508 e. The highest BCUT2D eigenvalue weighted by Gasteiger charge is 2.50. The number of rotatable bonds is 27. The summed E-state index contributed by atoms with van der Waals surface area (Å²) in [6, 6.07) is 0.474. The second-order valence-corrected chi connectivity index (χ2v) is 17.8. The van der Waals surface area contributed by atoms with Crippen LogP contribution in [0.2, 0.25) is 0 Å². The van der Waals surface area contributed by atoms with Gasteiger partial charge in [0.05, 0.1) is 5.92 Å². The Hall–Kier alpha value is -2.35. The number of carbonyl (C=O) groups excluding carboxylic acids is 3. The van der Waals surface area contributed by atoms with E-state index in [1.165, 1.54) is 83.5 Å². The van der Waals surface area contributed by atoms with E-state index < -0.39 is 12.1 Å². The molecule has 4 aliphatic carbocycles. The fraction of sp³-hybridized carbons (Fsp3) is 0.848. The van der Waals surface area contributed by atoms with Crippen molar-refractivity contribution in [3.05, 3.63) is 24.3 Å². The van der Waals surface area contributed by atoms with E-state index in [-0.39, 0.29) is 37.9 Å². The second-order valence-electron chi connectivity index (χ2n) is 17.8. The van der Waals surface area contributed by atoms with Gasteiger partial charge < -0.3 is 23.8 Å². The molecule has 4 bridgehead atoms. The van der Waals surface area contributed by atoms with E-state index in [2.05, 4.69) is 50.0 Å². The number of hydrogen-bond donors (Lipinski definition) is 0. The number of ether oxygens (including phenoxy) is 4. The maximum atomic E-state index is 12.9. The zero-order valence-electron chi connectivity index (χ0n) is 34.6. The van der Waals surface area contributed by atoms with Gasteiger partial charge in [-0.15, -0.1) is 0 Å². The molecule has 4 saturated carbocycles. The number of hydrogen-bond acceptors (Lipinski definition) is 8. The summed E-state index contributed by atoms with van der Waals surface area (Å²) in [6.45, 7) is 8.44. The Morgan fingerprint density at radius 2 is 1.19 bits per heavy atom. The first-order valence-electron chi connectivity index (χ1n) is 22.4. The van der Waals surface area contributed by atoms with Crippen LogP contribution in [0.3, 0.4) is 0 Å². The van der Waals surface area contributed by atoms with Crippen LogP contribution in [0.4, 0.5) is 4.79 Å². The van der Waals surface area contributed by atoms with E-state index in [1.807, 2.05) is 0 Å². The van der Waals surface area contributed by atoms with Crippen LogP contribution in [0.5, 0.6) is 0 Å². The van der Waals surface area contributed by atoms with Crippen molar-refractivity contribution in [2.45, 2.75) is 187 Å². The molecule has 0 N–H and O–H groups in total. The Morgan fingerprint density at radius 1 is 0.667 bits per heavy atom. The smallest absolute Gasteiger partial charge is 0.465 e. The van der Waals surface area contributed by atoms with Crippen molar-refractivity contribution in [2.24, 2.45) is 29.1 Å². The van der Waals surface area contributed by atoms with Crippen molar-refractivity contribution in [3.8, 4) is 0 Å². The third-order valence-corrected chi connectivity index (χ3v) is 12.7. The lowest BCUT2D eigenvalue weighted by molar-refractivity contribution is -0.150. The van der Waals surface area contributed by atoms with E-state index >= 15 is 0 Å². The van der Waals surface area contributed by atoms with E-state index in [4.69, 9.17) is 18.9 Å². The predicted molar refractivity (Wildman–Crippen MR) is 216 cm³/mol. The van der Waals surface area contributed by atoms with Crippen LogP contribution in [0.1, 0.15) is 175 Å². The Balaban J connectivity index is 1.08. The van der Waals surface area contributed by atoms with E-state index in [0.29, 0.717) is 24.3 Å². The molecule has 308 valence electrons. The number of esters is 2. The monoisotopic (exact) mass is 756 g/mol. The molecule has 5 aliphatic rings. The van der Waals surface area contributed by atoms with Crippen LogP contribution in [-0.4, -0.2) is 68.0 Å². The minimum atomic E-state index is -0.711. The average molecular weight is 756 g/mol. The summed E-state index contributed by atoms with van der Waals surface area (Å²) < 4.78 is 22.4. The Kier molecular flexibility index (Phi) is 20.6. The molecule has 0 amide bonds. The van der Waals surface area contributed by atoms with Gasteiger partial charge in [-0.25, -0.2) is 4.79 Å². The lowest BCUT2D eigenvalue weighted by Crippen LogP contribution is -2.45. The first-order valence-corrected chi connectivity index (χ1v) is 22.4. The predicted octanol–water partition coefficient (Wildman–Crippen LogP) is 11.3. The van der Waals surface area contributed by atoms with Gasteiger partial charge >= 0.3 is 18.1 Å². The number of piperidine rings is 1. The first kappa shape index (κ1) is 44.4. The summed E-state index contributed by atoms with van der Waals surface area (Å²) in [5.41, 5.74) is 0.452. The van der Waals surface area contributed by atoms with Crippen LogP contribution in [0.15, 0.2) is 24.3 Å². The van der Waals surface area contributed by atoms with Gasteiger partial charge in [0.15, 0.2) is 0 Å². The van der Waals surface area contributed by atoms with Crippen molar-refractivity contribution in [1.29, 1.82) is 0 Å². The van der Waals surface area contributed by atoms with Gasteiger partial charge in [-0.3, -0.25) is 9.59 Å². The van der Waals surface area contributed by atoms with Crippen LogP contribution in [-0.2, 0) is 28.5 Å². The molecule has 0 aromatic carbocycles. The number of carbonyl (C=O) groups is 3. The van der Waals surface area contributed by atoms with Crippen LogP contribution in [0.25, 0.3) is 0 Å². The highest BCUT2D eigenvalue weighted by molar-refractivity contribution is 5.69. The third-order valence-electron chi connectivity index (χ3n) is 12.7. The molecule has 1 atom stereocenters.